The van der Waals surface area contributed by atoms with Crippen molar-refractivity contribution in [2.45, 2.75) is 44.8 Å². The molecule has 1 atom stereocenters. The van der Waals surface area contributed by atoms with Gasteiger partial charge in [0.25, 0.3) is 0 Å². The Morgan fingerprint density at radius 3 is 2.52 bits per heavy atom. The molecule has 0 bridgehead atoms. The summed E-state index contributed by atoms with van der Waals surface area (Å²) >= 11 is 0. The van der Waals surface area contributed by atoms with E-state index in [0.717, 1.165) is 31.2 Å². The van der Waals surface area contributed by atoms with E-state index in [-0.39, 0.29) is 29.6 Å². The van der Waals surface area contributed by atoms with Gasteiger partial charge >= 0.3 is 0 Å². The quantitative estimate of drug-likeness (QED) is 0.709. The van der Waals surface area contributed by atoms with E-state index < -0.39 is 0 Å². The van der Waals surface area contributed by atoms with E-state index in [1.165, 1.54) is 24.3 Å². The molecule has 1 unspecified atom stereocenters. The molecule has 1 fully saturated rings. The summed E-state index contributed by atoms with van der Waals surface area (Å²) in [5, 5.41) is 4.11. The number of benzene rings is 2. The minimum atomic E-state index is -0.321. The minimum Gasteiger partial charge on any atom is -0.390 e. The van der Waals surface area contributed by atoms with Gasteiger partial charge in [-0.3, -0.25) is 4.79 Å². The normalized spacial score (nSPS) is 19.1. The van der Waals surface area contributed by atoms with Crippen LogP contribution < -0.4 is 0 Å². The predicted molar refractivity (Wildman–Crippen MR) is 106 cm³/mol. The SMILES string of the molecule is O=C(C1CCCC1)N(Cc1cccc(F)c1)CC1CC(c2cccc(F)c2)=NO1. The molecule has 2 aromatic carbocycles. The van der Waals surface area contributed by atoms with Crippen molar-refractivity contribution in [3.8, 4) is 0 Å². The van der Waals surface area contributed by atoms with Gasteiger partial charge in [0.05, 0.1) is 12.3 Å². The molecule has 2 aromatic rings. The Kier molecular flexibility index (Phi) is 5.88. The third kappa shape index (κ3) is 4.81. The molecule has 1 aliphatic heterocycles. The molecule has 0 aromatic heterocycles. The molecule has 6 heteroatoms. The standard InChI is InChI=1S/C23H24F2N2O2/c24-19-9-3-5-16(11-19)14-27(23(28)17-6-1-2-7-17)15-21-13-22(26-29-21)18-8-4-10-20(25)12-18/h3-5,8-12,17,21H,1-2,6-7,13-15H2. The first-order chi connectivity index (χ1) is 14.1. The molecule has 0 saturated heterocycles. The number of hydrogen-bond donors (Lipinski definition) is 0. The van der Waals surface area contributed by atoms with Gasteiger partial charge in [-0.15, -0.1) is 0 Å². The Balaban J connectivity index is 1.46. The maximum absolute atomic E-state index is 13.6. The average molecular weight is 398 g/mol. The van der Waals surface area contributed by atoms with Gasteiger partial charge in [0.2, 0.25) is 5.91 Å². The number of carbonyl (C=O) groups excluding carboxylic acids is 1. The lowest BCUT2D eigenvalue weighted by Gasteiger charge is -2.27. The van der Waals surface area contributed by atoms with Crippen molar-refractivity contribution in [1.29, 1.82) is 0 Å². The van der Waals surface area contributed by atoms with Gasteiger partial charge in [-0.2, -0.15) is 0 Å². The van der Waals surface area contributed by atoms with Crippen molar-refractivity contribution >= 4 is 11.6 Å². The summed E-state index contributed by atoms with van der Waals surface area (Å²) in [7, 11) is 0. The molecule has 152 valence electrons. The number of carbonyl (C=O) groups is 1. The van der Waals surface area contributed by atoms with E-state index in [0.29, 0.717) is 30.8 Å². The Hall–Kier alpha value is -2.76. The summed E-state index contributed by atoms with van der Waals surface area (Å²) in [5.41, 5.74) is 2.11. The van der Waals surface area contributed by atoms with Gasteiger partial charge in [-0.25, -0.2) is 8.78 Å². The first kappa shape index (κ1) is 19.6. The molecule has 2 aliphatic rings. The van der Waals surface area contributed by atoms with Crippen molar-refractivity contribution in [2.75, 3.05) is 6.54 Å². The van der Waals surface area contributed by atoms with Crippen LogP contribution in [0, 0.1) is 17.6 Å². The topological polar surface area (TPSA) is 41.9 Å². The Bertz CT molecular complexity index is 909. The van der Waals surface area contributed by atoms with Gasteiger partial charge in [0.15, 0.2) is 6.10 Å². The highest BCUT2D eigenvalue weighted by atomic mass is 19.1. The number of hydrogen-bond acceptors (Lipinski definition) is 3. The van der Waals surface area contributed by atoms with Crippen LogP contribution in [0.1, 0.15) is 43.2 Å². The fourth-order valence-electron chi connectivity index (χ4n) is 4.13. The van der Waals surface area contributed by atoms with E-state index in [1.807, 2.05) is 6.07 Å². The van der Waals surface area contributed by atoms with Crippen LogP contribution in [0.5, 0.6) is 0 Å². The average Bonchev–Trinajstić information content (AvgIpc) is 3.39. The largest absolute Gasteiger partial charge is 0.390 e. The Morgan fingerprint density at radius 1 is 1.07 bits per heavy atom. The number of nitrogens with zero attached hydrogens (tertiary/aromatic N) is 2. The Morgan fingerprint density at radius 2 is 1.79 bits per heavy atom. The molecule has 1 amide bonds. The van der Waals surface area contributed by atoms with Crippen LogP contribution in [0.25, 0.3) is 0 Å². The van der Waals surface area contributed by atoms with Crippen molar-refractivity contribution in [3.63, 3.8) is 0 Å². The molecule has 0 N–H and O–H groups in total. The van der Waals surface area contributed by atoms with E-state index in [4.69, 9.17) is 4.84 Å². The monoisotopic (exact) mass is 398 g/mol. The first-order valence-electron chi connectivity index (χ1n) is 10.1. The van der Waals surface area contributed by atoms with Crippen molar-refractivity contribution in [1.82, 2.24) is 4.90 Å². The molecular formula is C23H24F2N2O2. The van der Waals surface area contributed by atoms with Crippen LogP contribution in [0.15, 0.2) is 53.7 Å². The van der Waals surface area contributed by atoms with Crippen LogP contribution in [0.3, 0.4) is 0 Å². The maximum atomic E-state index is 13.6. The highest BCUT2D eigenvalue weighted by molar-refractivity contribution is 6.01. The van der Waals surface area contributed by atoms with Gasteiger partial charge in [0.1, 0.15) is 11.6 Å². The van der Waals surface area contributed by atoms with Gasteiger partial charge < -0.3 is 9.74 Å². The lowest BCUT2D eigenvalue weighted by Crippen LogP contribution is -2.40. The van der Waals surface area contributed by atoms with Crippen LogP contribution in [0.2, 0.25) is 0 Å². The van der Waals surface area contributed by atoms with Crippen LogP contribution in [-0.2, 0) is 16.2 Å². The summed E-state index contributed by atoms with van der Waals surface area (Å²) in [6.45, 7) is 0.705. The third-order valence-corrected chi connectivity index (χ3v) is 5.59. The number of amides is 1. The smallest absolute Gasteiger partial charge is 0.226 e. The third-order valence-electron chi connectivity index (χ3n) is 5.59. The summed E-state index contributed by atoms with van der Waals surface area (Å²) in [4.78, 5) is 20.4. The number of halogens is 2. The van der Waals surface area contributed by atoms with Crippen LogP contribution in [0.4, 0.5) is 8.78 Å². The van der Waals surface area contributed by atoms with Crippen molar-refractivity contribution in [3.05, 3.63) is 71.3 Å². The molecule has 1 aliphatic carbocycles. The summed E-state index contributed by atoms with van der Waals surface area (Å²) in [6, 6.07) is 12.6. The lowest BCUT2D eigenvalue weighted by atomic mass is 10.0. The van der Waals surface area contributed by atoms with Crippen LogP contribution >= 0.6 is 0 Å². The first-order valence-corrected chi connectivity index (χ1v) is 10.1. The zero-order valence-electron chi connectivity index (χ0n) is 16.2. The van der Waals surface area contributed by atoms with E-state index in [9.17, 15) is 13.6 Å². The maximum Gasteiger partial charge on any atom is 0.226 e. The number of oxime groups is 1. The van der Waals surface area contributed by atoms with Gasteiger partial charge in [-0.05, 0) is 42.7 Å². The lowest BCUT2D eigenvalue weighted by molar-refractivity contribution is -0.137. The summed E-state index contributed by atoms with van der Waals surface area (Å²) in [6.07, 6.45) is 4.13. The molecule has 1 heterocycles. The molecule has 0 spiro atoms. The Labute approximate surface area is 169 Å². The molecule has 1 saturated carbocycles. The van der Waals surface area contributed by atoms with Gasteiger partial charge in [-0.1, -0.05) is 42.3 Å². The van der Waals surface area contributed by atoms with E-state index >= 15 is 0 Å². The van der Waals surface area contributed by atoms with Gasteiger partial charge in [0, 0.05) is 24.4 Å². The van der Waals surface area contributed by atoms with Crippen molar-refractivity contribution in [2.24, 2.45) is 11.1 Å². The van der Waals surface area contributed by atoms with E-state index in [1.54, 1.807) is 23.1 Å². The zero-order chi connectivity index (χ0) is 20.2. The molecule has 29 heavy (non-hydrogen) atoms. The second kappa shape index (κ2) is 8.72. The minimum absolute atomic E-state index is 0.0218. The highest BCUT2D eigenvalue weighted by Crippen LogP contribution is 2.28. The van der Waals surface area contributed by atoms with Crippen molar-refractivity contribution < 1.29 is 18.4 Å². The second-order valence-corrected chi connectivity index (χ2v) is 7.81. The molecule has 4 rings (SSSR count). The molecule has 4 nitrogen and oxygen atoms in total. The summed E-state index contributed by atoms with van der Waals surface area (Å²) in [5.74, 6) is -0.523. The second-order valence-electron chi connectivity index (χ2n) is 7.81. The number of rotatable bonds is 6. The highest BCUT2D eigenvalue weighted by Gasteiger charge is 2.31. The molecule has 0 radical (unpaired) electrons. The predicted octanol–water partition coefficient (Wildman–Crippen LogP) is 4.68. The molecular weight excluding hydrogens is 374 g/mol. The van der Waals surface area contributed by atoms with E-state index in [2.05, 4.69) is 5.16 Å². The zero-order valence-corrected chi connectivity index (χ0v) is 16.2. The van der Waals surface area contributed by atoms with Crippen LogP contribution in [-0.4, -0.2) is 29.2 Å². The fourth-order valence-corrected chi connectivity index (χ4v) is 4.13. The summed E-state index contributed by atoms with van der Waals surface area (Å²) < 4.78 is 27.1. The fraction of sp³-hybridized carbons (Fsp3) is 0.391.